The van der Waals surface area contributed by atoms with Crippen LogP contribution in [-0.2, 0) is 0 Å². The minimum atomic E-state index is -0.278. The number of fused-ring (bicyclic) bond motifs is 1. The number of aliphatic hydroxyl groups is 1. The Balaban J connectivity index is 1.45. The zero-order chi connectivity index (χ0) is 17.4. The zero-order valence-electron chi connectivity index (χ0n) is 14.1. The van der Waals surface area contributed by atoms with Crippen molar-refractivity contribution in [2.45, 2.75) is 18.9 Å². The van der Waals surface area contributed by atoms with Gasteiger partial charge in [0.05, 0.1) is 12.6 Å². The third-order valence-corrected chi connectivity index (χ3v) is 5.51. The molecule has 2 aromatic carbocycles. The number of carbonyl (C=O) groups excluding carboxylic acids is 1. The third-order valence-electron chi connectivity index (χ3n) is 5.51. The Hall–Kier alpha value is -2.04. The molecule has 1 saturated heterocycles. The molecule has 1 N–H and O–H groups in total. The number of ketones is 1. The van der Waals surface area contributed by atoms with E-state index < -0.39 is 0 Å². The molecule has 3 atom stereocenters. The Morgan fingerprint density at radius 3 is 2.36 bits per heavy atom. The van der Waals surface area contributed by atoms with Crippen LogP contribution in [0, 0.1) is 17.7 Å². The van der Waals surface area contributed by atoms with Crippen LogP contribution in [0.2, 0.25) is 0 Å². The number of carbonyl (C=O) groups is 1. The Kier molecular flexibility index (Phi) is 4.40. The second kappa shape index (κ2) is 6.70. The van der Waals surface area contributed by atoms with Gasteiger partial charge in [-0.15, -0.1) is 0 Å². The molecule has 1 aliphatic heterocycles. The van der Waals surface area contributed by atoms with E-state index in [0.717, 1.165) is 37.1 Å². The maximum absolute atomic E-state index is 13.4. The van der Waals surface area contributed by atoms with Crippen molar-refractivity contribution in [2.75, 3.05) is 19.6 Å². The molecule has 0 radical (unpaired) electrons. The third kappa shape index (κ3) is 3.51. The van der Waals surface area contributed by atoms with Gasteiger partial charge in [-0.2, -0.15) is 0 Å². The zero-order valence-corrected chi connectivity index (χ0v) is 14.1. The second-order valence-electron chi connectivity index (χ2n) is 7.35. The van der Waals surface area contributed by atoms with E-state index in [2.05, 4.69) is 4.90 Å². The molecular weight excluding hydrogens is 317 g/mol. The first kappa shape index (κ1) is 16.4. The molecule has 1 heterocycles. The van der Waals surface area contributed by atoms with Gasteiger partial charge in [0.1, 0.15) is 5.82 Å². The van der Waals surface area contributed by atoms with Gasteiger partial charge in [-0.3, -0.25) is 9.69 Å². The number of aliphatic hydroxyl groups excluding tert-OH is 1. The summed E-state index contributed by atoms with van der Waals surface area (Å²) in [5, 5.41) is 9.73. The quantitative estimate of drug-likeness (QED) is 0.868. The summed E-state index contributed by atoms with van der Waals surface area (Å²) < 4.78 is 13.4. The number of hydrogen-bond acceptors (Lipinski definition) is 3. The monoisotopic (exact) mass is 339 g/mol. The highest BCUT2D eigenvalue weighted by atomic mass is 19.1. The Morgan fingerprint density at radius 1 is 1.04 bits per heavy atom. The molecular formula is C21H22FNO2. The van der Waals surface area contributed by atoms with Gasteiger partial charge in [0.15, 0.2) is 5.78 Å². The van der Waals surface area contributed by atoms with Crippen molar-refractivity contribution in [3.63, 3.8) is 0 Å². The first-order chi connectivity index (χ1) is 12.1. The van der Waals surface area contributed by atoms with Crippen LogP contribution in [0.5, 0.6) is 0 Å². The summed E-state index contributed by atoms with van der Waals surface area (Å²) in [6, 6.07) is 13.8. The minimum absolute atomic E-state index is 0.0961. The Bertz CT molecular complexity index is 777. The second-order valence-corrected chi connectivity index (χ2v) is 7.35. The summed E-state index contributed by atoms with van der Waals surface area (Å²) in [4.78, 5) is 14.9. The highest BCUT2D eigenvalue weighted by molar-refractivity contribution is 5.98. The van der Waals surface area contributed by atoms with Crippen molar-refractivity contribution < 1.29 is 14.3 Å². The van der Waals surface area contributed by atoms with Gasteiger partial charge < -0.3 is 5.11 Å². The van der Waals surface area contributed by atoms with Crippen molar-refractivity contribution in [1.29, 1.82) is 0 Å². The van der Waals surface area contributed by atoms with Gasteiger partial charge in [0.2, 0.25) is 0 Å². The van der Waals surface area contributed by atoms with Crippen LogP contribution >= 0.6 is 0 Å². The van der Waals surface area contributed by atoms with Crippen LogP contribution < -0.4 is 0 Å². The molecule has 1 aliphatic carbocycles. The summed E-state index contributed by atoms with van der Waals surface area (Å²) in [7, 11) is 0. The summed E-state index contributed by atoms with van der Waals surface area (Å²) in [5.74, 6) is 0.877. The molecule has 25 heavy (non-hydrogen) atoms. The number of hydrogen-bond donors (Lipinski definition) is 1. The molecule has 1 saturated carbocycles. The first-order valence-electron chi connectivity index (χ1n) is 8.88. The van der Waals surface area contributed by atoms with Gasteiger partial charge in [-0.1, -0.05) is 30.3 Å². The molecule has 1 unspecified atom stereocenters. The average molecular weight is 339 g/mol. The van der Waals surface area contributed by atoms with Gasteiger partial charge >= 0.3 is 0 Å². The number of nitrogens with zero attached hydrogens (tertiary/aromatic N) is 1. The van der Waals surface area contributed by atoms with E-state index in [1.807, 2.05) is 30.3 Å². The molecule has 4 heteroatoms. The molecule has 4 rings (SSSR count). The van der Waals surface area contributed by atoms with Gasteiger partial charge in [0.25, 0.3) is 0 Å². The number of likely N-dealkylation sites (tertiary alicyclic amines) is 1. The lowest BCUT2D eigenvalue weighted by Gasteiger charge is -2.17. The lowest BCUT2D eigenvalue weighted by Crippen LogP contribution is -2.29. The van der Waals surface area contributed by atoms with Crippen LogP contribution in [0.1, 0.15) is 23.2 Å². The molecule has 0 spiro atoms. The molecule has 0 amide bonds. The van der Waals surface area contributed by atoms with Crippen LogP contribution in [-0.4, -0.2) is 41.5 Å². The number of halogens is 1. The number of Topliss-reactive ketones (excluding diaryl/α,β-unsaturated/α-hetero) is 1. The summed E-state index contributed by atoms with van der Waals surface area (Å²) in [6.45, 7) is 2.21. The molecule has 2 fully saturated rings. The lowest BCUT2D eigenvalue weighted by atomic mass is 10.0. The SMILES string of the molecule is O=C(CN1C[C@H]2CC(O)C[C@H]2C1)c1cccc(-c2cccc(F)c2)c1. The van der Waals surface area contributed by atoms with E-state index >= 15 is 0 Å². The predicted molar refractivity (Wildman–Crippen MR) is 94.8 cm³/mol. The lowest BCUT2D eigenvalue weighted by molar-refractivity contribution is 0.0935. The molecule has 3 nitrogen and oxygen atoms in total. The van der Waals surface area contributed by atoms with Crippen molar-refractivity contribution in [3.8, 4) is 11.1 Å². The fourth-order valence-electron chi connectivity index (χ4n) is 4.33. The Labute approximate surface area is 147 Å². The predicted octanol–water partition coefficient (Wildman–Crippen LogP) is 3.38. The van der Waals surface area contributed by atoms with Crippen LogP contribution in [0.4, 0.5) is 4.39 Å². The van der Waals surface area contributed by atoms with Gasteiger partial charge in [-0.05, 0) is 54.0 Å². The summed E-state index contributed by atoms with van der Waals surface area (Å²) >= 11 is 0. The fraction of sp³-hybridized carbons (Fsp3) is 0.381. The van der Waals surface area contributed by atoms with Crippen molar-refractivity contribution >= 4 is 5.78 Å². The topological polar surface area (TPSA) is 40.5 Å². The van der Waals surface area contributed by atoms with Crippen LogP contribution in [0.3, 0.4) is 0 Å². The van der Waals surface area contributed by atoms with Crippen LogP contribution in [0.15, 0.2) is 48.5 Å². The van der Waals surface area contributed by atoms with Gasteiger partial charge in [-0.25, -0.2) is 4.39 Å². The smallest absolute Gasteiger partial charge is 0.176 e. The van der Waals surface area contributed by atoms with Gasteiger partial charge in [0, 0.05) is 18.7 Å². The van der Waals surface area contributed by atoms with E-state index in [0.29, 0.717) is 23.9 Å². The first-order valence-corrected chi connectivity index (χ1v) is 8.88. The van der Waals surface area contributed by atoms with E-state index in [1.165, 1.54) is 12.1 Å². The highest BCUT2D eigenvalue weighted by Gasteiger charge is 2.40. The van der Waals surface area contributed by atoms with E-state index in [-0.39, 0.29) is 17.7 Å². The van der Waals surface area contributed by atoms with Crippen molar-refractivity contribution in [2.24, 2.45) is 11.8 Å². The fourth-order valence-corrected chi connectivity index (χ4v) is 4.33. The van der Waals surface area contributed by atoms with E-state index in [1.54, 1.807) is 6.07 Å². The normalized spacial score (nSPS) is 25.9. The molecule has 130 valence electrons. The minimum Gasteiger partial charge on any atom is -0.393 e. The highest BCUT2D eigenvalue weighted by Crippen LogP contribution is 2.38. The molecule has 0 bridgehead atoms. The molecule has 0 aromatic heterocycles. The standard InChI is InChI=1S/C21H22FNO2/c22-19-6-2-4-15(8-19)14-3-1-5-16(7-14)21(25)13-23-11-17-9-20(24)10-18(17)12-23/h1-8,17-18,20,24H,9-13H2/t17-,18+,20?. The summed E-state index contributed by atoms with van der Waals surface area (Å²) in [6.07, 6.45) is 1.57. The number of rotatable bonds is 4. The van der Waals surface area contributed by atoms with Crippen LogP contribution in [0.25, 0.3) is 11.1 Å². The average Bonchev–Trinajstić information content (AvgIpc) is 3.11. The summed E-state index contributed by atoms with van der Waals surface area (Å²) in [5.41, 5.74) is 2.30. The van der Waals surface area contributed by atoms with E-state index in [9.17, 15) is 14.3 Å². The molecule has 2 aliphatic rings. The van der Waals surface area contributed by atoms with E-state index in [4.69, 9.17) is 0 Å². The maximum Gasteiger partial charge on any atom is 0.176 e. The Morgan fingerprint density at radius 2 is 1.68 bits per heavy atom. The molecule has 2 aromatic rings. The van der Waals surface area contributed by atoms with Crippen molar-refractivity contribution in [3.05, 3.63) is 59.9 Å². The number of benzene rings is 2. The largest absolute Gasteiger partial charge is 0.393 e. The van der Waals surface area contributed by atoms with Crippen molar-refractivity contribution in [1.82, 2.24) is 4.90 Å². The maximum atomic E-state index is 13.4.